The number of quaternary nitrogens is 1. The Morgan fingerprint density at radius 1 is 1.00 bits per heavy atom. The van der Waals surface area contributed by atoms with Crippen molar-refractivity contribution in [3.63, 3.8) is 0 Å². The highest BCUT2D eigenvalue weighted by molar-refractivity contribution is 5.86. The van der Waals surface area contributed by atoms with Crippen molar-refractivity contribution >= 4 is 5.78 Å². The number of fused-ring (bicyclic) bond motifs is 4. The van der Waals surface area contributed by atoms with Gasteiger partial charge in [0.15, 0.2) is 0 Å². The minimum atomic E-state index is -0.159. The van der Waals surface area contributed by atoms with E-state index >= 15 is 0 Å². The summed E-state index contributed by atoms with van der Waals surface area (Å²) in [5.41, 5.74) is -0.159. The first kappa shape index (κ1) is 14.6. The highest BCUT2D eigenvalue weighted by Gasteiger charge is 2.57. The summed E-state index contributed by atoms with van der Waals surface area (Å²) < 4.78 is 1.23. The fraction of sp³-hybridized carbons (Fsp3) is 0.944. The van der Waals surface area contributed by atoms with Gasteiger partial charge in [0.05, 0.1) is 26.2 Å². The van der Waals surface area contributed by atoms with Gasteiger partial charge in [0, 0.05) is 36.5 Å². The highest BCUT2D eigenvalue weighted by atomic mass is 16.1. The van der Waals surface area contributed by atoms with Gasteiger partial charge in [-0.05, 0) is 18.8 Å². The zero-order valence-corrected chi connectivity index (χ0v) is 14.0. The molecule has 2 aliphatic heterocycles. The number of carbonyl (C=O) groups is 1. The summed E-state index contributed by atoms with van der Waals surface area (Å²) in [5, 5.41) is 0. The Hall–Kier alpha value is -0.370. The normalized spacial score (nSPS) is 43.1. The van der Waals surface area contributed by atoms with Gasteiger partial charge in [-0.1, -0.05) is 27.2 Å². The molecule has 2 bridgehead atoms. The molecule has 3 fully saturated rings. The fourth-order valence-corrected chi connectivity index (χ4v) is 5.71. The van der Waals surface area contributed by atoms with Crippen LogP contribution in [0.2, 0.25) is 0 Å². The van der Waals surface area contributed by atoms with Gasteiger partial charge in [-0.3, -0.25) is 4.79 Å². The lowest BCUT2D eigenvalue weighted by molar-refractivity contribution is -0.936. The molecular weight excluding hydrogens is 246 g/mol. The summed E-state index contributed by atoms with van der Waals surface area (Å²) in [7, 11) is 4.88. The maximum absolute atomic E-state index is 12.9. The van der Waals surface area contributed by atoms with E-state index in [1.807, 2.05) is 0 Å². The molecule has 0 N–H and O–H groups in total. The molecule has 1 saturated carbocycles. The number of piperidine rings is 1. The van der Waals surface area contributed by atoms with Gasteiger partial charge in [-0.15, -0.1) is 0 Å². The number of Topliss-reactive ketones (excluding diaryl/α,β-unsaturated/α-hetero) is 1. The molecule has 0 spiro atoms. The second kappa shape index (κ2) is 4.56. The standard InChI is InChI=1S/C18H32NO/c1-18(2,3)17(20)14-8-6-7-13-15(14)11-12-9-10-16(13)19(12,4)5/h12-16H,6-11H2,1-5H3/q+1. The largest absolute Gasteiger partial charge is 0.323 e. The molecule has 3 aliphatic rings. The number of nitrogens with zero attached hydrogens (tertiary/aromatic N) is 1. The monoisotopic (exact) mass is 278 g/mol. The van der Waals surface area contributed by atoms with E-state index in [9.17, 15) is 4.79 Å². The molecule has 2 heterocycles. The Morgan fingerprint density at radius 2 is 1.70 bits per heavy atom. The van der Waals surface area contributed by atoms with Crippen LogP contribution in [-0.4, -0.2) is 36.4 Å². The number of ketones is 1. The molecule has 2 heteroatoms. The topological polar surface area (TPSA) is 17.1 Å². The van der Waals surface area contributed by atoms with Crippen LogP contribution in [-0.2, 0) is 4.79 Å². The van der Waals surface area contributed by atoms with Crippen LogP contribution in [0, 0.1) is 23.2 Å². The number of hydrogen-bond donors (Lipinski definition) is 0. The predicted octanol–water partition coefficient (Wildman–Crippen LogP) is 3.65. The van der Waals surface area contributed by atoms with Gasteiger partial charge in [0.2, 0.25) is 0 Å². The molecule has 0 aromatic carbocycles. The summed E-state index contributed by atoms with van der Waals surface area (Å²) in [6.07, 6.45) is 7.90. The Morgan fingerprint density at radius 3 is 2.35 bits per heavy atom. The summed E-state index contributed by atoms with van der Waals surface area (Å²) >= 11 is 0. The van der Waals surface area contributed by atoms with Gasteiger partial charge < -0.3 is 4.48 Å². The molecule has 0 amide bonds. The van der Waals surface area contributed by atoms with E-state index in [2.05, 4.69) is 34.9 Å². The van der Waals surface area contributed by atoms with Crippen LogP contribution in [0.4, 0.5) is 0 Å². The summed E-state index contributed by atoms with van der Waals surface area (Å²) in [5.74, 6) is 2.41. The quantitative estimate of drug-likeness (QED) is 0.669. The minimum absolute atomic E-state index is 0.159. The van der Waals surface area contributed by atoms with Gasteiger partial charge in [-0.25, -0.2) is 0 Å². The second-order valence-electron chi connectivity index (χ2n) is 9.14. The molecule has 0 aromatic rings. The van der Waals surface area contributed by atoms with Crippen LogP contribution < -0.4 is 0 Å². The van der Waals surface area contributed by atoms with Crippen molar-refractivity contribution in [1.82, 2.24) is 0 Å². The van der Waals surface area contributed by atoms with Crippen molar-refractivity contribution in [3.8, 4) is 0 Å². The fourth-order valence-electron chi connectivity index (χ4n) is 5.71. The maximum atomic E-state index is 12.9. The van der Waals surface area contributed by atoms with E-state index in [4.69, 9.17) is 0 Å². The maximum Gasteiger partial charge on any atom is 0.141 e. The van der Waals surface area contributed by atoms with Crippen molar-refractivity contribution < 1.29 is 9.28 Å². The average Bonchev–Trinajstić information content (AvgIpc) is 2.55. The molecule has 1 aliphatic carbocycles. The lowest BCUT2D eigenvalue weighted by Gasteiger charge is -2.53. The summed E-state index contributed by atoms with van der Waals surface area (Å²) in [6, 6.07) is 1.64. The lowest BCUT2D eigenvalue weighted by Crippen LogP contribution is -2.61. The SMILES string of the molecule is CC(C)(C)C(=O)C1CCCC2C1CC1CCC2[N+]1(C)C. The lowest BCUT2D eigenvalue weighted by atomic mass is 9.61. The van der Waals surface area contributed by atoms with E-state index in [1.165, 1.54) is 36.6 Å². The van der Waals surface area contributed by atoms with Gasteiger partial charge in [0.25, 0.3) is 0 Å². The van der Waals surface area contributed by atoms with Crippen LogP contribution in [0.15, 0.2) is 0 Å². The van der Waals surface area contributed by atoms with Crippen molar-refractivity contribution in [3.05, 3.63) is 0 Å². The van der Waals surface area contributed by atoms with Crippen molar-refractivity contribution in [2.75, 3.05) is 14.1 Å². The average molecular weight is 278 g/mol. The zero-order chi connectivity index (χ0) is 14.7. The molecule has 3 rings (SSSR count). The molecule has 5 atom stereocenters. The number of rotatable bonds is 1. The van der Waals surface area contributed by atoms with Crippen LogP contribution in [0.5, 0.6) is 0 Å². The third-order valence-electron chi connectivity index (χ3n) is 6.83. The summed E-state index contributed by atoms with van der Waals surface area (Å²) in [6.45, 7) is 6.32. The molecule has 2 nitrogen and oxygen atoms in total. The molecule has 5 unspecified atom stereocenters. The number of carbonyl (C=O) groups excluding carboxylic acids is 1. The zero-order valence-electron chi connectivity index (χ0n) is 14.0. The van der Waals surface area contributed by atoms with Crippen LogP contribution >= 0.6 is 0 Å². The summed E-state index contributed by atoms with van der Waals surface area (Å²) in [4.78, 5) is 12.9. The van der Waals surface area contributed by atoms with E-state index in [-0.39, 0.29) is 5.41 Å². The molecule has 20 heavy (non-hydrogen) atoms. The molecule has 114 valence electrons. The van der Waals surface area contributed by atoms with Crippen molar-refractivity contribution in [2.45, 2.75) is 71.4 Å². The van der Waals surface area contributed by atoms with Gasteiger partial charge in [-0.2, -0.15) is 0 Å². The minimum Gasteiger partial charge on any atom is -0.323 e. The Balaban J connectivity index is 1.87. The molecule has 2 saturated heterocycles. The van der Waals surface area contributed by atoms with Crippen LogP contribution in [0.3, 0.4) is 0 Å². The highest BCUT2D eigenvalue weighted by Crippen LogP contribution is 2.53. The van der Waals surface area contributed by atoms with E-state index in [0.29, 0.717) is 17.6 Å². The van der Waals surface area contributed by atoms with Crippen LogP contribution in [0.25, 0.3) is 0 Å². The first-order valence-corrected chi connectivity index (χ1v) is 8.60. The second-order valence-corrected chi connectivity index (χ2v) is 9.14. The van der Waals surface area contributed by atoms with E-state index < -0.39 is 0 Å². The predicted molar refractivity (Wildman–Crippen MR) is 82.3 cm³/mol. The first-order valence-electron chi connectivity index (χ1n) is 8.60. The number of hydrogen-bond acceptors (Lipinski definition) is 1. The smallest absolute Gasteiger partial charge is 0.141 e. The molecule has 0 aromatic heterocycles. The van der Waals surface area contributed by atoms with E-state index in [1.54, 1.807) is 0 Å². The third-order valence-corrected chi connectivity index (χ3v) is 6.83. The van der Waals surface area contributed by atoms with Crippen LogP contribution in [0.1, 0.15) is 59.3 Å². The van der Waals surface area contributed by atoms with Crippen molar-refractivity contribution in [2.24, 2.45) is 23.2 Å². The Labute approximate surface area is 124 Å². The van der Waals surface area contributed by atoms with Gasteiger partial charge >= 0.3 is 0 Å². The van der Waals surface area contributed by atoms with E-state index in [0.717, 1.165) is 24.4 Å². The third kappa shape index (κ3) is 2.06. The van der Waals surface area contributed by atoms with Crippen molar-refractivity contribution in [1.29, 1.82) is 0 Å². The molecule has 0 radical (unpaired) electrons. The molecular formula is C18H32NO+. The Kier molecular flexibility index (Phi) is 3.32. The Bertz CT molecular complexity index is 406. The van der Waals surface area contributed by atoms with Gasteiger partial charge in [0.1, 0.15) is 5.78 Å². The first-order chi connectivity index (χ1) is 9.23.